The molecule has 1 N–H and O–H groups in total. The summed E-state index contributed by atoms with van der Waals surface area (Å²) >= 11 is 0. The monoisotopic (exact) mass is 926 g/mol. The molecule has 1 aliphatic heterocycles. The van der Waals surface area contributed by atoms with E-state index < -0.39 is 11.4 Å². The largest absolute Gasteiger partial charge is 0.494 e. The average Bonchev–Trinajstić information content (AvgIpc) is 4.09. The van der Waals surface area contributed by atoms with Crippen molar-refractivity contribution in [3.8, 4) is 5.75 Å². The van der Waals surface area contributed by atoms with Gasteiger partial charge in [-0.1, -0.05) is 92.4 Å². The minimum atomic E-state index is -0.488. The fourth-order valence-corrected chi connectivity index (χ4v) is 6.88. The molecule has 4 rings (SSSR count). The zero-order valence-corrected chi connectivity index (χ0v) is 42.7. The Bertz CT molecular complexity index is 1670. The summed E-state index contributed by atoms with van der Waals surface area (Å²) in [4.78, 5) is 58.9. The van der Waals surface area contributed by atoms with E-state index in [1.807, 2.05) is 86.6 Å². The summed E-state index contributed by atoms with van der Waals surface area (Å²) in [5, 5.41) is 3.16. The highest BCUT2D eigenvalue weighted by Crippen LogP contribution is 2.39. The second kappa shape index (κ2) is 29.5. The van der Waals surface area contributed by atoms with Gasteiger partial charge in [0, 0.05) is 23.1 Å². The van der Waals surface area contributed by atoms with Crippen molar-refractivity contribution in [1.82, 2.24) is 5.32 Å². The normalized spacial score (nSPS) is 20.2. The molecule has 2 aliphatic carbocycles. The minimum absolute atomic E-state index is 0.0613. The van der Waals surface area contributed by atoms with Gasteiger partial charge in [0.25, 0.3) is 0 Å². The molecule has 374 valence electrons. The van der Waals surface area contributed by atoms with Crippen LogP contribution in [-0.2, 0) is 47.7 Å². The number of unbranched alkanes of at least 4 members (excludes halogenated alkanes) is 5. The van der Waals surface area contributed by atoms with Crippen molar-refractivity contribution in [2.75, 3.05) is 26.4 Å². The van der Waals surface area contributed by atoms with Crippen molar-refractivity contribution in [3.05, 3.63) is 48.1 Å². The highest BCUT2D eigenvalue weighted by atomic mass is 16.6. The fraction of sp³-hybridized carbons (Fsp3) is 0.722. The van der Waals surface area contributed by atoms with E-state index in [1.165, 1.54) is 38.2 Å². The molecule has 66 heavy (non-hydrogen) atoms. The Balaban J connectivity index is 0.000000387. The zero-order chi connectivity index (χ0) is 49.3. The second-order valence-electron chi connectivity index (χ2n) is 20.2. The van der Waals surface area contributed by atoms with Crippen molar-refractivity contribution >= 4 is 35.9 Å². The molecule has 0 spiro atoms. The fourth-order valence-electron chi connectivity index (χ4n) is 6.88. The molecule has 1 heterocycles. The number of carbonyl (C=O) groups excluding carboxylic acids is 5. The van der Waals surface area contributed by atoms with E-state index in [9.17, 15) is 24.0 Å². The lowest BCUT2D eigenvalue weighted by Crippen LogP contribution is -2.45. The van der Waals surface area contributed by atoms with Crippen LogP contribution in [0.15, 0.2) is 42.5 Å². The summed E-state index contributed by atoms with van der Waals surface area (Å²) in [6.07, 6.45) is 20.6. The SMILES string of the molecule is C=C(C)C(=O)OCCOC(=O)C(C)(C)CC.CCC(C)(C)C(=O)OCC1CCC2OC2C1.CCCCCCCCOc1ccc(/C=C/C(=O)OC2CCC(NC(=O)C(C)(C)CC)CC2)cc1. The first-order valence-electron chi connectivity index (χ1n) is 24.9. The number of esters is 4. The molecule has 0 radical (unpaired) electrons. The van der Waals surface area contributed by atoms with Gasteiger partial charge in [-0.15, -0.1) is 0 Å². The van der Waals surface area contributed by atoms with Crippen LogP contribution in [0, 0.1) is 22.2 Å². The third-order valence-corrected chi connectivity index (χ3v) is 13.2. The van der Waals surface area contributed by atoms with Gasteiger partial charge >= 0.3 is 23.9 Å². The number of hydrogen-bond acceptors (Lipinski definition) is 11. The molecule has 2 saturated carbocycles. The molecular weight excluding hydrogens is 839 g/mol. The summed E-state index contributed by atoms with van der Waals surface area (Å²) < 4.78 is 32.1. The Morgan fingerprint density at radius 3 is 1.85 bits per heavy atom. The van der Waals surface area contributed by atoms with Crippen LogP contribution in [-0.4, -0.2) is 80.6 Å². The van der Waals surface area contributed by atoms with Gasteiger partial charge in [-0.2, -0.15) is 0 Å². The van der Waals surface area contributed by atoms with Crippen molar-refractivity contribution in [1.29, 1.82) is 0 Å². The van der Waals surface area contributed by atoms with Crippen LogP contribution in [0.3, 0.4) is 0 Å². The van der Waals surface area contributed by atoms with Gasteiger partial charge in [0.05, 0.1) is 36.3 Å². The molecular formula is C54H87NO11. The Morgan fingerprint density at radius 1 is 0.697 bits per heavy atom. The third-order valence-electron chi connectivity index (χ3n) is 13.2. The summed E-state index contributed by atoms with van der Waals surface area (Å²) in [6, 6.07) is 7.96. The van der Waals surface area contributed by atoms with E-state index >= 15 is 0 Å². The van der Waals surface area contributed by atoms with Gasteiger partial charge in [-0.25, -0.2) is 9.59 Å². The van der Waals surface area contributed by atoms with E-state index in [0.29, 0.717) is 36.7 Å². The maximum Gasteiger partial charge on any atom is 0.333 e. The van der Waals surface area contributed by atoms with Crippen molar-refractivity contribution in [3.63, 3.8) is 0 Å². The molecule has 3 aliphatic rings. The molecule has 0 aromatic heterocycles. The summed E-state index contributed by atoms with van der Waals surface area (Å²) in [5.74, 6) is 0.362. The van der Waals surface area contributed by atoms with Gasteiger partial charge in [0.2, 0.25) is 5.91 Å². The highest BCUT2D eigenvalue weighted by Gasteiger charge is 2.44. The van der Waals surface area contributed by atoms with Crippen LogP contribution >= 0.6 is 0 Å². The highest BCUT2D eigenvalue weighted by molar-refractivity contribution is 5.87. The number of amides is 1. The van der Waals surface area contributed by atoms with Crippen LogP contribution in [0.4, 0.5) is 0 Å². The second-order valence-corrected chi connectivity index (χ2v) is 20.2. The molecule has 3 atom stereocenters. The minimum Gasteiger partial charge on any atom is -0.494 e. The zero-order valence-electron chi connectivity index (χ0n) is 42.7. The average molecular weight is 926 g/mol. The maximum atomic E-state index is 12.4. The number of hydrogen-bond donors (Lipinski definition) is 1. The molecule has 0 bridgehead atoms. The van der Waals surface area contributed by atoms with Gasteiger partial charge in [-0.05, 0) is 135 Å². The molecule has 1 amide bonds. The molecule has 1 aromatic rings. The van der Waals surface area contributed by atoms with Crippen LogP contribution in [0.2, 0.25) is 0 Å². The topological polar surface area (TPSA) is 156 Å². The number of epoxide rings is 1. The number of benzene rings is 1. The first-order valence-corrected chi connectivity index (χ1v) is 24.9. The van der Waals surface area contributed by atoms with Crippen LogP contribution in [0.1, 0.15) is 184 Å². The smallest absolute Gasteiger partial charge is 0.333 e. The van der Waals surface area contributed by atoms with Gasteiger partial charge < -0.3 is 33.7 Å². The lowest BCUT2D eigenvalue weighted by atomic mass is 9.87. The van der Waals surface area contributed by atoms with Crippen LogP contribution in [0.25, 0.3) is 6.08 Å². The van der Waals surface area contributed by atoms with E-state index in [1.54, 1.807) is 13.0 Å². The van der Waals surface area contributed by atoms with E-state index in [0.717, 1.165) is 82.1 Å². The Morgan fingerprint density at radius 2 is 1.27 bits per heavy atom. The predicted molar refractivity (Wildman–Crippen MR) is 261 cm³/mol. The standard InChI is InChI=1S/C29H45NO4.C13H22O3.C12H20O4/c1-5-7-8-9-10-11-22-33-25-17-12-23(13-18-25)14-21-27(31)34-26-19-15-24(16-20-26)30-28(32)29(3,4)6-2;1-4-13(2,3)12(14)15-8-9-5-6-10-11(7-9)16-10;1-6-12(4,5)11(14)16-8-7-15-10(13)9(2)3/h12-14,17-18,21,24,26H,5-11,15-16,19-20,22H2,1-4H3,(H,30,32);9-11H,4-8H2,1-3H3;2,6-8H2,1,3-5H3/b21-14+;;. The Labute approximate surface area is 398 Å². The summed E-state index contributed by atoms with van der Waals surface area (Å²) in [5.41, 5.74) is 0.104. The number of nitrogens with one attached hydrogen (secondary N) is 1. The van der Waals surface area contributed by atoms with Gasteiger partial charge in [0.1, 0.15) is 25.1 Å². The van der Waals surface area contributed by atoms with Crippen molar-refractivity contribution < 1.29 is 52.4 Å². The number of rotatable bonds is 24. The van der Waals surface area contributed by atoms with Gasteiger partial charge in [0.15, 0.2) is 0 Å². The molecule has 12 nitrogen and oxygen atoms in total. The number of ether oxygens (including phenoxy) is 6. The van der Waals surface area contributed by atoms with E-state index in [-0.39, 0.29) is 60.0 Å². The van der Waals surface area contributed by atoms with E-state index in [4.69, 9.17) is 28.4 Å². The first-order chi connectivity index (χ1) is 31.2. The molecule has 1 saturated heterocycles. The number of carbonyl (C=O) groups is 5. The van der Waals surface area contributed by atoms with E-state index in [2.05, 4.69) is 18.8 Å². The summed E-state index contributed by atoms with van der Waals surface area (Å²) in [7, 11) is 0. The van der Waals surface area contributed by atoms with Crippen molar-refractivity contribution in [2.45, 2.75) is 203 Å². The predicted octanol–water partition coefficient (Wildman–Crippen LogP) is 11.5. The lowest BCUT2D eigenvalue weighted by Gasteiger charge is -2.31. The Hall–Kier alpha value is -4.19. The molecule has 12 heteroatoms. The van der Waals surface area contributed by atoms with Crippen LogP contribution < -0.4 is 10.1 Å². The Kier molecular flexibility index (Phi) is 25.9. The molecule has 1 aromatic carbocycles. The van der Waals surface area contributed by atoms with Crippen molar-refractivity contribution in [2.24, 2.45) is 22.2 Å². The lowest BCUT2D eigenvalue weighted by molar-refractivity contribution is -0.158. The third kappa shape index (κ3) is 22.5. The number of fused-ring (bicyclic) bond motifs is 1. The molecule has 3 unspecified atom stereocenters. The molecule has 3 fully saturated rings. The maximum absolute atomic E-state index is 12.4. The van der Waals surface area contributed by atoms with Crippen LogP contribution in [0.5, 0.6) is 5.75 Å². The van der Waals surface area contributed by atoms with Gasteiger partial charge in [-0.3, -0.25) is 14.4 Å². The quantitative estimate of drug-likeness (QED) is 0.0346. The summed E-state index contributed by atoms with van der Waals surface area (Å²) in [6.45, 7) is 26.1. The first kappa shape index (κ1) is 57.9.